The standard InChI is InChI=1S/C8H11NO4/c1-4-12-8-5(2)9-6(13-8)7(10)11-3/h4H2,1-3H3. The maximum absolute atomic E-state index is 10.9. The molecule has 1 aromatic heterocycles. The molecule has 1 aromatic rings. The number of aryl methyl sites for hydroxylation is 1. The Bertz CT molecular complexity index is 305. The molecule has 5 heteroatoms. The second kappa shape index (κ2) is 3.93. The lowest BCUT2D eigenvalue weighted by Gasteiger charge is -1.95. The lowest BCUT2D eigenvalue weighted by molar-refractivity contribution is 0.0548. The molecule has 0 aliphatic rings. The Morgan fingerprint density at radius 2 is 2.31 bits per heavy atom. The van der Waals surface area contributed by atoms with Gasteiger partial charge in [0.1, 0.15) is 5.69 Å². The minimum absolute atomic E-state index is 0.0801. The summed E-state index contributed by atoms with van der Waals surface area (Å²) in [6, 6.07) is 0. The van der Waals surface area contributed by atoms with Crippen LogP contribution >= 0.6 is 0 Å². The van der Waals surface area contributed by atoms with Crippen LogP contribution in [-0.4, -0.2) is 24.7 Å². The number of rotatable bonds is 3. The van der Waals surface area contributed by atoms with E-state index in [1.165, 1.54) is 7.11 Å². The Kier molecular flexibility index (Phi) is 2.89. The van der Waals surface area contributed by atoms with Crippen LogP contribution in [0, 0.1) is 6.92 Å². The van der Waals surface area contributed by atoms with Crippen molar-refractivity contribution in [2.45, 2.75) is 13.8 Å². The van der Waals surface area contributed by atoms with Gasteiger partial charge in [-0.3, -0.25) is 0 Å². The van der Waals surface area contributed by atoms with Gasteiger partial charge in [-0.05, 0) is 13.8 Å². The first-order valence-corrected chi connectivity index (χ1v) is 3.87. The molecule has 0 saturated heterocycles. The molecule has 0 N–H and O–H groups in total. The van der Waals surface area contributed by atoms with E-state index in [1.807, 2.05) is 6.92 Å². The third-order valence-corrected chi connectivity index (χ3v) is 1.39. The smallest absolute Gasteiger partial charge is 0.394 e. The molecule has 0 unspecified atom stereocenters. The average molecular weight is 185 g/mol. The van der Waals surface area contributed by atoms with Crippen LogP contribution in [0.25, 0.3) is 0 Å². The zero-order valence-corrected chi connectivity index (χ0v) is 7.79. The largest absolute Gasteiger partial charge is 0.464 e. The highest BCUT2D eigenvalue weighted by atomic mass is 16.6. The summed E-state index contributed by atoms with van der Waals surface area (Å²) < 4.78 is 14.5. The van der Waals surface area contributed by atoms with Gasteiger partial charge in [-0.2, -0.15) is 0 Å². The summed E-state index contributed by atoms with van der Waals surface area (Å²) in [6.45, 7) is 3.98. The van der Waals surface area contributed by atoms with E-state index in [9.17, 15) is 4.79 Å². The number of oxazole rings is 1. The fourth-order valence-corrected chi connectivity index (χ4v) is 0.822. The summed E-state index contributed by atoms with van der Waals surface area (Å²) in [6.07, 6.45) is 0. The predicted octanol–water partition coefficient (Wildman–Crippen LogP) is 1.17. The Morgan fingerprint density at radius 1 is 1.62 bits per heavy atom. The summed E-state index contributed by atoms with van der Waals surface area (Å²) >= 11 is 0. The van der Waals surface area contributed by atoms with E-state index in [2.05, 4.69) is 9.72 Å². The van der Waals surface area contributed by atoms with Gasteiger partial charge >= 0.3 is 17.8 Å². The fourth-order valence-electron chi connectivity index (χ4n) is 0.822. The Morgan fingerprint density at radius 3 is 2.85 bits per heavy atom. The fraction of sp³-hybridized carbons (Fsp3) is 0.500. The van der Waals surface area contributed by atoms with Crippen LogP contribution in [0.1, 0.15) is 23.3 Å². The second-order valence-corrected chi connectivity index (χ2v) is 2.32. The van der Waals surface area contributed by atoms with Crippen molar-refractivity contribution in [1.29, 1.82) is 0 Å². The Hall–Kier alpha value is -1.52. The number of esters is 1. The number of carbonyl (C=O) groups is 1. The van der Waals surface area contributed by atoms with Gasteiger partial charge in [-0.25, -0.2) is 9.78 Å². The van der Waals surface area contributed by atoms with Crippen molar-refractivity contribution in [1.82, 2.24) is 4.98 Å². The van der Waals surface area contributed by atoms with Gasteiger partial charge in [0.15, 0.2) is 0 Å². The van der Waals surface area contributed by atoms with Crippen molar-refractivity contribution in [3.63, 3.8) is 0 Å². The number of hydrogen-bond donors (Lipinski definition) is 0. The van der Waals surface area contributed by atoms with Crippen LogP contribution in [0.3, 0.4) is 0 Å². The number of aromatic nitrogens is 1. The maximum atomic E-state index is 10.9. The SMILES string of the molecule is CCOc1oc(C(=O)OC)nc1C. The average Bonchev–Trinajstić information content (AvgIpc) is 2.47. The summed E-state index contributed by atoms with van der Waals surface area (Å²) in [4.78, 5) is 14.8. The number of ether oxygens (including phenoxy) is 2. The molecule has 0 aliphatic carbocycles. The summed E-state index contributed by atoms with van der Waals surface area (Å²) in [5.41, 5.74) is 0.544. The molecule has 0 saturated carbocycles. The molecule has 0 aliphatic heterocycles. The lowest BCUT2D eigenvalue weighted by atomic mass is 10.5. The number of methoxy groups -OCH3 is 1. The van der Waals surface area contributed by atoms with Crippen LogP contribution < -0.4 is 4.74 Å². The normalized spacial score (nSPS) is 9.77. The molecule has 1 heterocycles. The van der Waals surface area contributed by atoms with E-state index in [0.717, 1.165) is 0 Å². The number of hydrogen-bond acceptors (Lipinski definition) is 5. The molecular weight excluding hydrogens is 174 g/mol. The molecule has 0 bridgehead atoms. The first-order chi connectivity index (χ1) is 6.19. The van der Waals surface area contributed by atoms with Gasteiger partial charge in [0, 0.05) is 0 Å². The van der Waals surface area contributed by atoms with Gasteiger partial charge in [-0.1, -0.05) is 0 Å². The van der Waals surface area contributed by atoms with E-state index < -0.39 is 5.97 Å². The second-order valence-electron chi connectivity index (χ2n) is 2.32. The monoisotopic (exact) mass is 185 g/mol. The summed E-state index contributed by atoms with van der Waals surface area (Å²) in [5, 5.41) is 0. The van der Waals surface area contributed by atoms with Gasteiger partial charge in [0.2, 0.25) is 0 Å². The van der Waals surface area contributed by atoms with Crippen LogP contribution in [0.4, 0.5) is 0 Å². The molecule has 5 nitrogen and oxygen atoms in total. The van der Waals surface area contributed by atoms with Gasteiger partial charge in [0.05, 0.1) is 13.7 Å². The zero-order valence-electron chi connectivity index (χ0n) is 7.79. The number of nitrogens with zero attached hydrogens (tertiary/aromatic N) is 1. The summed E-state index contributed by atoms with van der Waals surface area (Å²) in [7, 11) is 1.27. The highest BCUT2D eigenvalue weighted by molar-refractivity contribution is 5.84. The quantitative estimate of drug-likeness (QED) is 0.661. The van der Waals surface area contributed by atoms with Crippen molar-refractivity contribution in [2.24, 2.45) is 0 Å². The van der Waals surface area contributed by atoms with E-state index >= 15 is 0 Å². The van der Waals surface area contributed by atoms with Crippen LogP contribution in [-0.2, 0) is 4.74 Å². The van der Waals surface area contributed by atoms with Crippen molar-refractivity contribution in [2.75, 3.05) is 13.7 Å². The first kappa shape index (κ1) is 9.57. The van der Waals surface area contributed by atoms with Gasteiger partial charge in [-0.15, -0.1) is 0 Å². The first-order valence-electron chi connectivity index (χ1n) is 3.87. The highest BCUT2D eigenvalue weighted by Crippen LogP contribution is 2.19. The number of carbonyl (C=O) groups excluding carboxylic acids is 1. The lowest BCUT2D eigenvalue weighted by Crippen LogP contribution is -2.00. The minimum atomic E-state index is -0.603. The van der Waals surface area contributed by atoms with Crippen LogP contribution in [0.5, 0.6) is 5.95 Å². The molecule has 72 valence electrons. The molecular formula is C8H11NO4. The zero-order chi connectivity index (χ0) is 9.84. The molecule has 13 heavy (non-hydrogen) atoms. The minimum Gasteiger partial charge on any atom is -0.464 e. The molecule has 1 rings (SSSR count). The Labute approximate surface area is 75.7 Å². The van der Waals surface area contributed by atoms with E-state index in [0.29, 0.717) is 12.3 Å². The highest BCUT2D eigenvalue weighted by Gasteiger charge is 2.17. The Balaban J connectivity index is 2.88. The van der Waals surface area contributed by atoms with Crippen molar-refractivity contribution >= 4 is 5.97 Å². The van der Waals surface area contributed by atoms with Crippen molar-refractivity contribution in [3.8, 4) is 5.95 Å². The topological polar surface area (TPSA) is 61.6 Å². The third-order valence-electron chi connectivity index (χ3n) is 1.39. The van der Waals surface area contributed by atoms with Gasteiger partial charge < -0.3 is 13.9 Å². The summed E-state index contributed by atoms with van der Waals surface area (Å²) in [5.74, 6) is -0.416. The molecule has 0 atom stereocenters. The molecule has 0 aromatic carbocycles. The van der Waals surface area contributed by atoms with E-state index in [4.69, 9.17) is 9.15 Å². The predicted molar refractivity (Wildman–Crippen MR) is 43.7 cm³/mol. The van der Waals surface area contributed by atoms with Crippen molar-refractivity contribution < 1.29 is 18.7 Å². The van der Waals surface area contributed by atoms with Gasteiger partial charge in [0.25, 0.3) is 0 Å². The van der Waals surface area contributed by atoms with E-state index in [1.54, 1.807) is 6.92 Å². The molecule has 0 fully saturated rings. The van der Waals surface area contributed by atoms with Crippen LogP contribution in [0.15, 0.2) is 4.42 Å². The molecule has 0 radical (unpaired) electrons. The van der Waals surface area contributed by atoms with Crippen molar-refractivity contribution in [3.05, 3.63) is 11.6 Å². The van der Waals surface area contributed by atoms with E-state index in [-0.39, 0.29) is 11.8 Å². The molecule has 0 amide bonds. The third kappa shape index (κ3) is 1.99. The maximum Gasteiger partial charge on any atom is 0.394 e. The molecule has 0 spiro atoms. The van der Waals surface area contributed by atoms with Crippen LogP contribution in [0.2, 0.25) is 0 Å².